The van der Waals surface area contributed by atoms with Crippen LogP contribution in [0.2, 0.25) is 5.02 Å². The van der Waals surface area contributed by atoms with Crippen molar-refractivity contribution in [3.8, 4) is 17.0 Å². The third kappa shape index (κ3) is 3.15. The number of halogens is 1. The van der Waals surface area contributed by atoms with Gasteiger partial charge in [-0.25, -0.2) is 4.79 Å². The van der Waals surface area contributed by atoms with Gasteiger partial charge in [-0.2, -0.15) is 0 Å². The first-order valence-electron chi connectivity index (χ1n) is 11.0. The van der Waals surface area contributed by atoms with E-state index in [0.29, 0.717) is 39.5 Å². The number of hydrogen-bond donors (Lipinski definition) is 1. The molecule has 0 bridgehead atoms. The molecule has 2 aromatic heterocycles. The minimum absolute atomic E-state index is 0.104. The first-order valence-corrected chi connectivity index (χ1v) is 11.4. The van der Waals surface area contributed by atoms with Crippen LogP contribution in [0.15, 0.2) is 52.1 Å². The normalized spacial score (nSPS) is 17.2. The van der Waals surface area contributed by atoms with E-state index in [4.69, 9.17) is 16.3 Å². The summed E-state index contributed by atoms with van der Waals surface area (Å²) in [6.07, 6.45) is -0.671. The molecule has 1 aliphatic heterocycles. The molecule has 0 spiro atoms. The maximum Gasteiger partial charge on any atom is 0.331 e. The van der Waals surface area contributed by atoms with E-state index in [1.807, 2.05) is 45.0 Å². The number of fused-ring (bicyclic) bond motifs is 3. The Morgan fingerprint density at radius 2 is 1.74 bits per heavy atom. The highest BCUT2D eigenvalue weighted by Crippen LogP contribution is 2.47. The van der Waals surface area contributed by atoms with Crippen molar-refractivity contribution in [2.45, 2.75) is 32.4 Å². The molecule has 5 rings (SSSR count). The van der Waals surface area contributed by atoms with Crippen LogP contribution in [0.4, 0.5) is 0 Å². The Morgan fingerprint density at radius 3 is 2.38 bits per heavy atom. The Labute approximate surface area is 201 Å². The number of nitrogens with zero attached hydrogens (tertiary/aromatic N) is 3. The standard InChI is InChI=1S/C26H26ClN3O4/c1-14-6-11-17(18(31)12-14)23-22-21-19(24(32)29(5)25(33)28(21)4)20(15-7-9-16(27)10-8-15)30(22)26(2,3)13-34-23/h6-12,23,31H,13H2,1-5H3/t23-/m0/s1. The van der Waals surface area contributed by atoms with E-state index >= 15 is 0 Å². The van der Waals surface area contributed by atoms with Crippen LogP contribution in [0.3, 0.4) is 0 Å². The quantitative estimate of drug-likeness (QED) is 0.466. The zero-order valence-corrected chi connectivity index (χ0v) is 20.5. The molecule has 7 nitrogen and oxygen atoms in total. The Hall–Kier alpha value is -3.29. The van der Waals surface area contributed by atoms with Gasteiger partial charge in [0.2, 0.25) is 0 Å². The molecule has 0 saturated heterocycles. The number of phenolic OH excluding ortho intramolecular Hbond substituents is 1. The number of aromatic hydroxyl groups is 1. The topological polar surface area (TPSA) is 78.4 Å². The van der Waals surface area contributed by atoms with Crippen LogP contribution in [0.25, 0.3) is 22.2 Å². The molecule has 1 atom stereocenters. The van der Waals surface area contributed by atoms with Gasteiger partial charge in [-0.1, -0.05) is 35.9 Å². The molecule has 0 radical (unpaired) electrons. The van der Waals surface area contributed by atoms with Crippen molar-refractivity contribution in [3.05, 3.63) is 85.1 Å². The van der Waals surface area contributed by atoms with Crippen molar-refractivity contribution >= 4 is 22.5 Å². The highest BCUT2D eigenvalue weighted by molar-refractivity contribution is 6.30. The number of ether oxygens (including phenoxy) is 1. The molecule has 4 aromatic rings. The van der Waals surface area contributed by atoms with Crippen molar-refractivity contribution in [1.82, 2.24) is 13.7 Å². The fourth-order valence-electron chi connectivity index (χ4n) is 4.99. The minimum atomic E-state index is -0.671. The average molecular weight is 480 g/mol. The molecular weight excluding hydrogens is 454 g/mol. The maximum absolute atomic E-state index is 13.6. The van der Waals surface area contributed by atoms with Crippen LogP contribution in [0.1, 0.15) is 36.8 Å². The highest BCUT2D eigenvalue weighted by atomic mass is 35.5. The van der Waals surface area contributed by atoms with Crippen LogP contribution in [-0.2, 0) is 24.4 Å². The molecule has 176 valence electrons. The van der Waals surface area contributed by atoms with E-state index in [1.54, 1.807) is 25.2 Å². The number of hydrogen-bond acceptors (Lipinski definition) is 4. The lowest BCUT2D eigenvalue weighted by atomic mass is 9.97. The van der Waals surface area contributed by atoms with Gasteiger partial charge in [-0.3, -0.25) is 13.9 Å². The van der Waals surface area contributed by atoms with E-state index in [0.717, 1.165) is 15.7 Å². The van der Waals surface area contributed by atoms with E-state index in [1.165, 1.54) is 11.6 Å². The van der Waals surface area contributed by atoms with Crippen LogP contribution in [0.5, 0.6) is 5.75 Å². The van der Waals surface area contributed by atoms with Gasteiger partial charge in [0.25, 0.3) is 5.56 Å². The number of aryl methyl sites for hydroxylation is 2. The molecular formula is C26H26ClN3O4. The lowest BCUT2D eigenvalue weighted by Gasteiger charge is -2.39. The van der Waals surface area contributed by atoms with Crippen molar-refractivity contribution in [1.29, 1.82) is 0 Å². The Morgan fingerprint density at radius 1 is 1.06 bits per heavy atom. The molecule has 0 unspecified atom stereocenters. The predicted molar refractivity (Wildman–Crippen MR) is 133 cm³/mol. The molecule has 1 N–H and O–H groups in total. The predicted octanol–water partition coefficient (Wildman–Crippen LogP) is 4.23. The van der Waals surface area contributed by atoms with Crippen LogP contribution >= 0.6 is 11.6 Å². The lowest BCUT2D eigenvalue weighted by molar-refractivity contribution is -0.00799. The number of rotatable bonds is 2. The summed E-state index contributed by atoms with van der Waals surface area (Å²) in [6.45, 7) is 6.30. The first kappa shape index (κ1) is 22.5. The van der Waals surface area contributed by atoms with Gasteiger partial charge >= 0.3 is 5.69 Å². The van der Waals surface area contributed by atoms with Gasteiger partial charge in [0, 0.05) is 24.7 Å². The van der Waals surface area contributed by atoms with Gasteiger partial charge < -0.3 is 14.4 Å². The summed E-state index contributed by atoms with van der Waals surface area (Å²) in [5, 5.41) is 11.8. The molecule has 0 saturated carbocycles. The summed E-state index contributed by atoms with van der Waals surface area (Å²) in [6, 6.07) is 12.7. The van der Waals surface area contributed by atoms with Gasteiger partial charge in [0.1, 0.15) is 11.9 Å². The monoisotopic (exact) mass is 479 g/mol. The zero-order chi connectivity index (χ0) is 24.5. The van der Waals surface area contributed by atoms with Crippen LogP contribution in [0, 0.1) is 6.92 Å². The van der Waals surface area contributed by atoms with Crippen LogP contribution in [-0.4, -0.2) is 25.4 Å². The molecule has 3 heterocycles. The average Bonchev–Trinajstić information content (AvgIpc) is 3.15. The zero-order valence-electron chi connectivity index (χ0n) is 19.7. The van der Waals surface area contributed by atoms with Gasteiger partial charge in [0.05, 0.1) is 34.4 Å². The summed E-state index contributed by atoms with van der Waals surface area (Å²) >= 11 is 6.16. The number of aromatic nitrogens is 3. The number of phenols is 1. The summed E-state index contributed by atoms with van der Waals surface area (Å²) in [5.41, 5.74) is 2.81. The summed E-state index contributed by atoms with van der Waals surface area (Å²) < 4.78 is 11.1. The molecule has 2 aromatic carbocycles. The third-order valence-electron chi connectivity index (χ3n) is 6.65. The van der Waals surface area contributed by atoms with Crippen molar-refractivity contribution in [3.63, 3.8) is 0 Å². The third-order valence-corrected chi connectivity index (χ3v) is 6.90. The highest BCUT2D eigenvalue weighted by Gasteiger charge is 2.41. The summed E-state index contributed by atoms with van der Waals surface area (Å²) in [4.78, 5) is 26.6. The molecule has 1 aliphatic rings. The largest absolute Gasteiger partial charge is 0.508 e. The maximum atomic E-state index is 13.6. The van der Waals surface area contributed by atoms with E-state index in [2.05, 4.69) is 4.57 Å². The second kappa shape index (κ2) is 7.61. The van der Waals surface area contributed by atoms with Crippen molar-refractivity contribution in [2.75, 3.05) is 6.61 Å². The van der Waals surface area contributed by atoms with E-state index in [-0.39, 0.29) is 11.3 Å². The molecule has 0 amide bonds. The Balaban J connectivity index is 2.01. The Bertz CT molecular complexity index is 1580. The molecule has 8 heteroatoms. The Kier molecular flexibility index (Phi) is 5.04. The summed E-state index contributed by atoms with van der Waals surface area (Å²) in [5.74, 6) is 0.104. The van der Waals surface area contributed by atoms with Gasteiger partial charge in [0.15, 0.2) is 0 Å². The molecule has 34 heavy (non-hydrogen) atoms. The smallest absolute Gasteiger partial charge is 0.331 e. The lowest BCUT2D eigenvalue weighted by Crippen LogP contribution is -2.40. The SMILES string of the molecule is Cc1ccc([C@@H]2OCC(C)(C)n3c(-c4ccc(Cl)cc4)c4c(=O)n(C)c(=O)n(C)c4c32)c(O)c1. The fraction of sp³-hybridized carbons (Fsp3) is 0.308. The second-order valence-electron chi connectivity index (χ2n) is 9.57. The van der Waals surface area contributed by atoms with Gasteiger partial charge in [-0.05, 0) is 50.1 Å². The fourth-order valence-corrected chi connectivity index (χ4v) is 5.12. The van der Waals surface area contributed by atoms with Gasteiger partial charge in [-0.15, -0.1) is 0 Å². The second-order valence-corrected chi connectivity index (χ2v) is 10.0. The number of benzene rings is 2. The molecule has 0 aliphatic carbocycles. The van der Waals surface area contributed by atoms with Crippen LogP contribution < -0.4 is 11.2 Å². The minimum Gasteiger partial charge on any atom is -0.508 e. The summed E-state index contributed by atoms with van der Waals surface area (Å²) in [7, 11) is 3.14. The first-order chi connectivity index (χ1) is 16.0. The van der Waals surface area contributed by atoms with Crippen molar-refractivity contribution in [2.24, 2.45) is 14.1 Å². The van der Waals surface area contributed by atoms with E-state index in [9.17, 15) is 14.7 Å². The van der Waals surface area contributed by atoms with E-state index < -0.39 is 17.3 Å². The molecule has 0 fully saturated rings. The van der Waals surface area contributed by atoms with Crippen molar-refractivity contribution < 1.29 is 9.84 Å².